The summed E-state index contributed by atoms with van der Waals surface area (Å²) >= 11 is 0. The van der Waals surface area contributed by atoms with Crippen molar-refractivity contribution in [3.05, 3.63) is 65.3 Å². The number of morpholine rings is 1. The Bertz CT molecular complexity index is 1190. The first-order valence-corrected chi connectivity index (χ1v) is 9.84. The maximum atomic E-state index is 12.8. The van der Waals surface area contributed by atoms with Gasteiger partial charge in [-0.1, -0.05) is 18.2 Å². The normalized spacial score (nSPS) is 14.5. The van der Waals surface area contributed by atoms with Gasteiger partial charge in [-0.15, -0.1) is 0 Å². The molecule has 0 atom stereocenters. The van der Waals surface area contributed by atoms with E-state index in [9.17, 15) is 14.9 Å². The Kier molecular flexibility index (Phi) is 5.87. The van der Waals surface area contributed by atoms with Crippen LogP contribution in [0.2, 0.25) is 0 Å². The van der Waals surface area contributed by atoms with Crippen molar-refractivity contribution in [3.8, 4) is 6.07 Å². The number of nitrogens with zero attached hydrogens (tertiary/aromatic N) is 3. The SMILES string of the molecule is COC(=O)c1ccc(Cn2cc(/C=C(/C#N)C(=O)N3CCOCC3)c3ccccc32)o1. The number of hydrogen-bond acceptors (Lipinski definition) is 6. The van der Waals surface area contributed by atoms with Crippen molar-refractivity contribution in [3.63, 3.8) is 0 Å². The molecule has 0 saturated carbocycles. The van der Waals surface area contributed by atoms with Crippen molar-refractivity contribution in [2.75, 3.05) is 33.4 Å². The third-order valence-corrected chi connectivity index (χ3v) is 5.14. The van der Waals surface area contributed by atoms with Gasteiger partial charge in [-0.2, -0.15) is 5.26 Å². The standard InChI is InChI=1S/C23H21N3O5/c1-29-23(28)21-7-6-18(31-21)15-26-14-17(19-4-2-3-5-20(19)26)12-16(13-24)22(27)25-8-10-30-11-9-25/h2-7,12,14H,8-11,15H2,1H3/b16-12-. The van der Waals surface area contributed by atoms with Crippen LogP contribution in [0.3, 0.4) is 0 Å². The lowest BCUT2D eigenvalue weighted by Crippen LogP contribution is -2.41. The quantitative estimate of drug-likeness (QED) is 0.358. The van der Waals surface area contributed by atoms with Gasteiger partial charge in [0.25, 0.3) is 5.91 Å². The number of fused-ring (bicyclic) bond motifs is 1. The molecule has 8 nitrogen and oxygen atoms in total. The zero-order valence-corrected chi connectivity index (χ0v) is 17.0. The Morgan fingerprint density at radius 2 is 1.97 bits per heavy atom. The van der Waals surface area contributed by atoms with Crippen LogP contribution in [0.15, 0.2) is 52.6 Å². The van der Waals surface area contributed by atoms with Crippen molar-refractivity contribution in [1.29, 1.82) is 5.26 Å². The maximum absolute atomic E-state index is 12.8. The van der Waals surface area contributed by atoms with E-state index in [1.165, 1.54) is 7.11 Å². The topological polar surface area (TPSA) is 97.7 Å². The highest BCUT2D eigenvalue weighted by molar-refractivity contribution is 6.04. The lowest BCUT2D eigenvalue weighted by Gasteiger charge is -2.26. The van der Waals surface area contributed by atoms with Crippen molar-refractivity contribution < 1.29 is 23.5 Å². The predicted molar refractivity (Wildman–Crippen MR) is 112 cm³/mol. The number of ether oxygens (including phenoxy) is 2. The average molecular weight is 419 g/mol. The molecule has 1 aliphatic rings. The van der Waals surface area contributed by atoms with Gasteiger partial charge in [-0.3, -0.25) is 4.79 Å². The summed E-state index contributed by atoms with van der Waals surface area (Å²) in [6, 6.07) is 13.0. The van der Waals surface area contributed by atoms with Crippen LogP contribution in [0, 0.1) is 11.3 Å². The van der Waals surface area contributed by atoms with Gasteiger partial charge in [-0.25, -0.2) is 4.79 Å². The van der Waals surface area contributed by atoms with Gasteiger partial charge in [-0.05, 0) is 24.3 Å². The molecule has 2 aromatic heterocycles. The number of aromatic nitrogens is 1. The van der Waals surface area contributed by atoms with E-state index in [0.717, 1.165) is 16.5 Å². The summed E-state index contributed by atoms with van der Waals surface area (Å²) in [5.74, 6) is -0.109. The molecule has 0 bridgehead atoms. The molecule has 1 aromatic carbocycles. The van der Waals surface area contributed by atoms with Crippen LogP contribution < -0.4 is 0 Å². The Balaban J connectivity index is 1.66. The van der Waals surface area contributed by atoms with E-state index in [-0.39, 0.29) is 17.2 Å². The molecule has 3 heterocycles. The van der Waals surface area contributed by atoms with Crippen LogP contribution in [0.4, 0.5) is 0 Å². The van der Waals surface area contributed by atoms with E-state index in [4.69, 9.17) is 9.15 Å². The summed E-state index contributed by atoms with van der Waals surface area (Å²) in [7, 11) is 1.30. The Morgan fingerprint density at radius 3 is 2.71 bits per heavy atom. The first kappa shape index (κ1) is 20.4. The fourth-order valence-corrected chi connectivity index (χ4v) is 3.60. The molecular formula is C23H21N3O5. The number of amides is 1. The number of rotatable bonds is 5. The van der Waals surface area contributed by atoms with Gasteiger partial charge < -0.3 is 23.4 Å². The van der Waals surface area contributed by atoms with Crippen LogP contribution >= 0.6 is 0 Å². The molecule has 0 unspecified atom stereocenters. The monoisotopic (exact) mass is 419 g/mol. The van der Waals surface area contributed by atoms with Gasteiger partial charge in [0, 0.05) is 35.8 Å². The third-order valence-electron chi connectivity index (χ3n) is 5.14. The van der Waals surface area contributed by atoms with E-state index < -0.39 is 5.97 Å². The number of hydrogen-bond donors (Lipinski definition) is 0. The van der Waals surface area contributed by atoms with Crippen molar-refractivity contribution in [2.45, 2.75) is 6.54 Å². The van der Waals surface area contributed by atoms with Gasteiger partial charge in [0.2, 0.25) is 5.76 Å². The molecule has 0 radical (unpaired) electrons. The highest BCUT2D eigenvalue weighted by Gasteiger charge is 2.21. The van der Waals surface area contributed by atoms with Crippen LogP contribution in [0.1, 0.15) is 21.9 Å². The Labute approximate surface area is 178 Å². The molecule has 0 N–H and O–H groups in total. The van der Waals surface area contributed by atoms with Gasteiger partial charge in [0.05, 0.1) is 26.9 Å². The number of methoxy groups -OCH3 is 1. The fourth-order valence-electron chi connectivity index (χ4n) is 3.60. The van der Waals surface area contributed by atoms with Crippen LogP contribution in [-0.4, -0.2) is 54.8 Å². The van der Waals surface area contributed by atoms with Crippen molar-refractivity contribution in [1.82, 2.24) is 9.47 Å². The van der Waals surface area contributed by atoms with Gasteiger partial charge in [0.15, 0.2) is 0 Å². The molecule has 1 aliphatic heterocycles. The lowest BCUT2D eigenvalue weighted by atomic mass is 10.1. The van der Waals surface area contributed by atoms with Crippen LogP contribution in [0.25, 0.3) is 17.0 Å². The molecule has 158 valence electrons. The Hall–Kier alpha value is -3.83. The zero-order valence-electron chi connectivity index (χ0n) is 17.0. The average Bonchev–Trinajstić information content (AvgIpc) is 3.42. The minimum atomic E-state index is -0.535. The first-order valence-electron chi connectivity index (χ1n) is 9.84. The molecule has 8 heteroatoms. The second-order valence-electron chi connectivity index (χ2n) is 7.06. The fraction of sp³-hybridized carbons (Fsp3) is 0.261. The molecule has 0 spiro atoms. The molecule has 0 aliphatic carbocycles. The van der Waals surface area contributed by atoms with Crippen molar-refractivity contribution in [2.24, 2.45) is 0 Å². The summed E-state index contributed by atoms with van der Waals surface area (Å²) < 4.78 is 17.5. The highest BCUT2D eigenvalue weighted by Crippen LogP contribution is 2.25. The largest absolute Gasteiger partial charge is 0.463 e. The maximum Gasteiger partial charge on any atom is 0.373 e. The molecule has 1 fully saturated rings. The zero-order chi connectivity index (χ0) is 21.8. The van der Waals surface area contributed by atoms with Gasteiger partial charge in [0.1, 0.15) is 17.4 Å². The van der Waals surface area contributed by atoms with Crippen LogP contribution in [0.5, 0.6) is 0 Å². The summed E-state index contributed by atoms with van der Waals surface area (Å²) in [5.41, 5.74) is 1.75. The van der Waals surface area contributed by atoms with E-state index in [0.29, 0.717) is 38.6 Å². The van der Waals surface area contributed by atoms with E-state index in [1.807, 2.05) is 41.1 Å². The molecule has 1 saturated heterocycles. The summed E-state index contributed by atoms with van der Waals surface area (Å²) in [6.45, 7) is 2.27. The number of carbonyl (C=O) groups is 2. The number of benzene rings is 1. The summed E-state index contributed by atoms with van der Waals surface area (Å²) in [4.78, 5) is 26.0. The number of carbonyl (C=O) groups excluding carboxylic acids is 2. The predicted octanol–water partition coefficient (Wildman–Crippen LogP) is 2.83. The molecular weight excluding hydrogens is 398 g/mol. The summed E-state index contributed by atoms with van der Waals surface area (Å²) in [5, 5.41) is 10.5. The number of para-hydroxylation sites is 1. The second-order valence-corrected chi connectivity index (χ2v) is 7.06. The molecule has 1 amide bonds. The smallest absolute Gasteiger partial charge is 0.373 e. The van der Waals surface area contributed by atoms with Gasteiger partial charge >= 0.3 is 5.97 Å². The van der Waals surface area contributed by atoms with E-state index >= 15 is 0 Å². The number of furan rings is 1. The van der Waals surface area contributed by atoms with Crippen molar-refractivity contribution >= 4 is 28.9 Å². The molecule has 4 rings (SSSR count). The molecule has 3 aromatic rings. The minimum absolute atomic E-state index is 0.0794. The van der Waals surface area contributed by atoms with Crippen LogP contribution in [-0.2, 0) is 20.8 Å². The third kappa shape index (κ3) is 4.22. The first-order chi connectivity index (χ1) is 15.1. The highest BCUT2D eigenvalue weighted by atomic mass is 16.5. The summed E-state index contributed by atoms with van der Waals surface area (Å²) in [6.07, 6.45) is 3.49. The second kappa shape index (κ2) is 8.90. The molecule has 31 heavy (non-hydrogen) atoms. The Morgan fingerprint density at radius 1 is 1.19 bits per heavy atom. The van der Waals surface area contributed by atoms with E-state index in [1.54, 1.807) is 23.1 Å². The lowest BCUT2D eigenvalue weighted by molar-refractivity contribution is -0.130. The number of esters is 1. The number of nitriles is 1. The van der Waals surface area contributed by atoms with E-state index in [2.05, 4.69) is 4.74 Å². The minimum Gasteiger partial charge on any atom is -0.463 e.